The van der Waals surface area contributed by atoms with Gasteiger partial charge in [0.1, 0.15) is 12.7 Å². The predicted molar refractivity (Wildman–Crippen MR) is 59.3 cm³/mol. The SMILES string of the molecule is CN=CCC(OO)c1ccc(COO)cc1. The molecule has 0 aliphatic rings. The van der Waals surface area contributed by atoms with Gasteiger partial charge in [0.05, 0.1) is 0 Å². The lowest BCUT2D eigenvalue weighted by molar-refractivity contribution is -0.279. The lowest BCUT2D eigenvalue weighted by Gasteiger charge is -2.11. The maximum absolute atomic E-state index is 8.75. The highest BCUT2D eigenvalue weighted by Crippen LogP contribution is 2.19. The fraction of sp³-hybridized carbons (Fsp3) is 0.364. The van der Waals surface area contributed by atoms with E-state index in [1.807, 2.05) is 0 Å². The summed E-state index contributed by atoms with van der Waals surface area (Å²) in [7, 11) is 1.66. The summed E-state index contributed by atoms with van der Waals surface area (Å²) in [6, 6.07) is 7.19. The predicted octanol–water partition coefficient (Wildman–Crippen LogP) is 2.30. The molecule has 0 amide bonds. The molecule has 2 N–H and O–H groups in total. The van der Waals surface area contributed by atoms with Crippen LogP contribution in [0.1, 0.15) is 23.7 Å². The minimum atomic E-state index is -0.423. The van der Waals surface area contributed by atoms with Gasteiger partial charge in [0, 0.05) is 19.7 Å². The summed E-state index contributed by atoms with van der Waals surface area (Å²) in [6.45, 7) is 0.140. The van der Waals surface area contributed by atoms with Crippen LogP contribution in [0.2, 0.25) is 0 Å². The fourth-order valence-corrected chi connectivity index (χ4v) is 1.34. The third kappa shape index (κ3) is 3.71. The van der Waals surface area contributed by atoms with Crippen molar-refractivity contribution in [2.45, 2.75) is 19.1 Å². The average molecular weight is 225 g/mol. The van der Waals surface area contributed by atoms with Crippen LogP contribution in [0, 0.1) is 0 Å². The number of rotatable bonds is 6. The van der Waals surface area contributed by atoms with Crippen LogP contribution >= 0.6 is 0 Å². The number of nitrogens with zero attached hydrogens (tertiary/aromatic N) is 1. The number of benzene rings is 1. The topological polar surface area (TPSA) is 71.3 Å². The molecule has 0 bridgehead atoms. The summed E-state index contributed by atoms with van der Waals surface area (Å²) in [5, 5.41) is 17.0. The first-order valence-electron chi connectivity index (χ1n) is 4.88. The molecule has 0 saturated carbocycles. The largest absolute Gasteiger partial charge is 0.301 e. The van der Waals surface area contributed by atoms with Crippen LogP contribution in [0.15, 0.2) is 29.3 Å². The van der Waals surface area contributed by atoms with E-state index in [1.165, 1.54) is 0 Å². The first-order valence-corrected chi connectivity index (χ1v) is 4.88. The van der Waals surface area contributed by atoms with E-state index in [9.17, 15) is 0 Å². The molecule has 1 aromatic rings. The first kappa shape index (κ1) is 12.8. The van der Waals surface area contributed by atoms with E-state index < -0.39 is 6.10 Å². The van der Waals surface area contributed by atoms with Gasteiger partial charge < -0.3 is 4.99 Å². The van der Waals surface area contributed by atoms with E-state index in [1.54, 1.807) is 37.5 Å². The van der Waals surface area contributed by atoms with Gasteiger partial charge in [-0.2, -0.15) is 0 Å². The number of aliphatic imine (C=N–C) groups is 1. The number of hydrogen-bond donors (Lipinski definition) is 2. The minimum Gasteiger partial charge on any atom is -0.301 e. The second-order valence-corrected chi connectivity index (χ2v) is 3.29. The lowest BCUT2D eigenvalue weighted by atomic mass is 10.1. The van der Waals surface area contributed by atoms with Gasteiger partial charge in [-0.3, -0.25) is 10.5 Å². The summed E-state index contributed by atoms with van der Waals surface area (Å²) in [5.74, 6) is 0. The van der Waals surface area contributed by atoms with Crippen molar-refractivity contribution in [3.8, 4) is 0 Å². The van der Waals surface area contributed by atoms with E-state index in [-0.39, 0.29) is 6.61 Å². The maximum atomic E-state index is 8.75. The van der Waals surface area contributed by atoms with Gasteiger partial charge in [-0.25, -0.2) is 9.78 Å². The molecule has 1 rings (SSSR count). The molecule has 0 heterocycles. The van der Waals surface area contributed by atoms with Gasteiger partial charge >= 0.3 is 0 Å². The van der Waals surface area contributed by atoms with Crippen molar-refractivity contribution in [2.24, 2.45) is 4.99 Å². The van der Waals surface area contributed by atoms with Crippen molar-refractivity contribution in [3.05, 3.63) is 35.4 Å². The van der Waals surface area contributed by atoms with Crippen molar-refractivity contribution in [3.63, 3.8) is 0 Å². The third-order valence-electron chi connectivity index (χ3n) is 2.21. The molecular weight excluding hydrogens is 210 g/mol. The monoisotopic (exact) mass is 225 g/mol. The highest BCUT2D eigenvalue weighted by atomic mass is 17.1. The van der Waals surface area contributed by atoms with E-state index in [4.69, 9.17) is 10.5 Å². The molecule has 5 nitrogen and oxygen atoms in total. The summed E-state index contributed by atoms with van der Waals surface area (Å²) < 4.78 is 0. The Hall–Kier alpha value is -1.27. The van der Waals surface area contributed by atoms with Crippen molar-refractivity contribution >= 4 is 6.21 Å². The van der Waals surface area contributed by atoms with Crippen LogP contribution in [0.3, 0.4) is 0 Å². The van der Waals surface area contributed by atoms with Crippen molar-refractivity contribution in [1.29, 1.82) is 0 Å². The van der Waals surface area contributed by atoms with Gasteiger partial charge in [0.25, 0.3) is 0 Å². The zero-order valence-corrected chi connectivity index (χ0v) is 9.04. The quantitative estimate of drug-likeness (QED) is 0.442. The van der Waals surface area contributed by atoms with Crippen LogP contribution in [0.25, 0.3) is 0 Å². The summed E-state index contributed by atoms with van der Waals surface area (Å²) in [4.78, 5) is 12.2. The summed E-state index contributed by atoms with van der Waals surface area (Å²) in [5.41, 5.74) is 1.68. The van der Waals surface area contributed by atoms with Gasteiger partial charge in [-0.1, -0.05) is 24.3 Å². The Balaban J connectivity index is 2.69. The molecular formula is C11H15NO4. The summed E-state index contributed by atoms with van der Waals surface area (Å²) in [6.07, 6.45) is 1.75. The second kappa shape index (κ2) is 7.08. The molecule has 0 spiro atoms. The molecule has 0 aromatic heterocycles. The van der Waals surface area contributed by atoms with Crippen molar-refractivity contribution < 1.29 is 20.3 Å². The standard InChI is InChI=1S/C11H15NO4/c1-12-7-6-11(16-14)10-4-2-9(3-5-10)8-15-13/h2-5,7,11,13-14H,6,8H2,1H3. The zero-order chi connectivity index (χ0) is 11.8. The molecule has 1 unspecified atom stereocenters. The van der Waals surface area contributed by atoms with Crippen LogP contribution in [0.5, 0.6) is 0 Å². The molecule has 0 aliphatic heterocycles. The Morgan fingerprint density at radius 2 is 2.00 bits per heavy atom. The molecule has 1 atom stereocenters. The van der Waals surface area contributed by atoms with Crippen LogP contribution in [-0.4, -0.2) is 23.8 Å². The van der Waals surface area contributed by atoms with Gasteiger partial charge in [-0.15, -0.1) is 0 Å². The molecule has 0 fully saturated rings. The van der Waals surface area contributed by atoms with E-state index in [0.717, 1.165) is 11.1 Å². The van der Waals surface area contributed by atoms with Crippen molar-refractivity contribution in [1.82, 2.24) is 0 Å². The van der Waals surface area contributed by atoms with E-state index in [0.29, 0.717) is 6.42 Å². The fourth-order valence-electron chi connectivity index (χ4n) is 1.34. The maximum Gasteiger partial charge on any atom is 0.123 e. The van der Waals surface area contributed by atoms with Gasteiger partial charge in [-0.05, 0) is 11.1 Å². The minimum absolute atomic E-state index is 0.140. The molecule has 16 heavy (non-hydrogen) atoms. The molecule has 0 saturated heterocycles. The lowest BCUT2D eigenvalue weighted by Crippen LogP contribution is -2.02. The Labute approximate surface area is 93.8 Å². The Kier molecular flexibility index (Phi) is 5.66. The average Bonchev–Trinajstić information content (AvgIpc) is 2.32. The highest BCUT2D eigenvalue weighted by Gasteiger charge is 2.10. The molecule has 88 valence electrons. The first-order chi connectivity index (χ1) is 7.81. The second-order valence-electron chi connectivity index (χ2n) is 3.29. The molecule has 5 heteroatoms. The summed E-state index contributed by atoms with van der Waals surface area (Å²) >= 11 is 0. The third-order valence-corrected chi connectivity index (χ3v) is 2.21. The Morgan fingerprint density at radius 3 is 2.50 bits per heavy atom. The van der Waals surface area contributed by atoms with Crippen molar-refractivity contribution in [2.75, 3.05) is 7.05 Å². The van der Waals surface area contributed by atoms with E-state index >= 15 is 0 Å². The van der Waals surface area contributed by atoms with E-state index in [2.05, 4.69) is 14.8 Å². The molecule has 1 aromatic carbocycles. The number of hydrogen-bond acceptors (Lipinski definition) is 5. The molecule has 0 aliphatic carbocycles. The van der Waals surface area contributed by atoms with Crippen LogP contribution in [-0.2, 0) is 16.4 Å². The zero-order valence-electron chi connectivity index (χ0n) is 9.04. The molecule has 0 radical (unpaired) electrons. The Bertz CT molecular complexity index is 323. The van der Waals surface area contributed by atoms with Crippen LogP contribution in [0.4, 0.5) is 0 Å². The van der Waals surface area contributed by atoms with Crippen LogP contribution < -0.4 is 0 Å². The highest BCUT2D eigenvalue weighted by molar-refractivity contribution is 5.58. The normalized spacial score (nSPS) is 13.2. The van der Waals surface area contributed by atoms with Gasteiger partial charge in [0.15, 0.2) is 0 Å². The van der Waals surface area contributed by atoms with Gasteiger partial charge in [0.2, 0.25) is 0 Å². The smallest absolute Gasteiger partial charge is 0.123 e. The Morgan fingerprint density at radius 1 is 1.31 bits per heavy atom.